The highest BCUT2D eigenvalue weighted by atomic mass is 16.5. The molecule has 1 N–H and O–H groups in total. The van der Waals surface area contributed by atoms with E-state index in [-0.39, 0.29) is 0 Å². The summed E-state index contributed by atoms with van der Waals surface area (Å²) >= 11 is 0. The summed E-state index contributed by atoms with van der Waals surface area (Å²) in [6.07, 6.45) is 0. The highest BCUT2D eigenvalue weighted by Gasteiger charge is 2.19. The smallest absolute Gasteiger partial charge is 0.123 e. The Balaban J connectivity index is 2.97. The van der Waals surface area contributed by atoms with Gasteiger partial charge in [-0.3, -0.25) is 0 Å². The Morgan fingerprint density at radius 1 is 1.19 bits per heavy atom. The summed E-state index contributed by atoms with van der Waals surface area (Å²) in [5.41, 5.74) is 2.54. The molecule has 0 spiro atoms. The third-order valence-electron chi connectivity index (χ3n) is 3.72. The number of likely N-dealkylation sites (N-methyl/N-ethyl adjacent to an activating group) is 2. The van der Waals surface area contributed by atoms with Crippen LogP contribution in [0.15, 0.2) is 18.2 Å². The minimum atomic E-state index is 0.309. The van der Waals surface area contributed by atoms with Gasteiger partial charge in [-0.1, -0.05) is 45.4 Å². The average Bonchev–Trinajstić information content (AvgIpc) is 2.45. The Hall–Kier alpha value is -1.06. The molecular formula is C18H32N2O. The van der Waals surface area contributed by atoms with Crippen molar-refractivity contribution in [3.63, 3.8) is 0 Å². The maximum absolute atomic E-state index is 5.57. The predicted molar refractivity (Wildman–Crippen MR) is 91.1 cm³/mol. The van der Waals surface area contributed by atoms with Crippen LogP contribution in [0.3, 0.4) is 0 Å². The van der Waals surface area contributed by atoms with E-state index in [1.165, 1.54) is 11.1 Å². The molecule has 1 atom stereocenters. The van der Waals surface area contributed by atoms with E-state index in [0.29, 0.717) is 12.0 Å². The highest BCUT2D eigenvalue weighted by molar-refractivity contribution is 5.39. The fourth-order valence-electron chi connectivity index (χ4n) is 2.75. The van der Waals surface area contributed by atoms with Crippen LogP contribution in [-0.2, 0) is 0 Å². The zero-order chi connectivity index (χ0) is 15.8. The Labute approximate surface area is 130 Å². The SMILES string of the molecule is CCNC(CN(CC)CC(C)C)c1cc(C)ccc1OC. The lowest BCUT2D eigenvalue weighted by Crippen LogP contribution is -2.37. The van der Waals surface area contributed by atoms with Gasteiger partial charge in [0.1, 0.15) is 5.75 Å². The number of nitrogens with zero attached hydrogens (tertiary/aromatic N) is 1. The van der Waals surface area contributed by atoms with E-state index in [2.05, 4.69) is 63.0 Å². The zero-order valence-corrected chi connectivity index (χ0v) is 14.6. The first-order valence-corrected chi connectivity index (χ1v) is 8.12. The lowest BCUT2D eigenvalue weighted by Gasteiger charge is -2.29. The second-order valence-electron chi connectivity index (χ2n) is 6.10. The molecule has 0 heterocycles. The van der Waals surface area contributed by atoms with Gasteiger partial charge in [-0.2, -0.15) is 0 Å². The number of methoxy groups -OCH3 is 1. The summed E-state index contributed by atoms with van der Waals surface area (Å²) < 4.78 is 5.57. The molecule has 0 radical (unpaired) electrons. The Kier molecular flexibility index (Phi) is 7.76. The minimum Gasteiger partial charge on any atom is -0.496 e. The van der Waals surface area contributed by atoms with Crippen molar-refractivity contribution in [1.82, 2.24) is 10.2 Å². The quantitative estimate of drug-likeness (QED) is 0.752. The Bertz CT molecular complexity index is 418. The highest BCUT2D eigenvalue weighted by Crippen LogP contribution is 2.27. The molecule has 1 aromatic rings. The molecule has 1 unspecified atom stereocenters. The zero-order valence-electron chi connectivity index (χ0n) is 14.6. The summed E-state index contributed by atoms with van der Waals surface area (Å²) in [4.78, 5) is 2.51. The van der Waals surface area contributed by atoms with Crippen LogP contribution in [0.2, 0.25) is 0 Å². The van der Waals surface area contributed by atoms with E-state index in [1.807, 2.05) is 0 Å². The van der Waals surface area contributed by atoms with Crippen LogP contribution in [-0.4, -0.2) is 38.2 Å². The number of nitrogens with one attached hydrogen (secondary N) is 1. The second kappa shape index (κ2) is 9.06. The lowest BCUT2D eigenvalue weighted by atomic mass is 10.0. The van der Waals surface area contributed by atoms with Crippen LogP contribution in [0.4, 0.5) is 0 Å². The van der Waals surface area contributed by atoms with Gasteiger partial charge in [-0.15, -0.1) is 0 Å². The lowest BCUT2D eigenvalue weighted by molar-refractivity contribution is 0.227. The average molecular weight is 292 g/mol. The monoisotopic (exact) mass is 292 g/mol. The normalized spacial score (nSPS) is 13.0. The maximum Gasteiger partial charge on any atom is 0.123 e. The number of benzene rings is 1. The number of hydrogen-bond donors (Lipinski definition) is 1. The third kappa shape index (κ3) is 5.68. The first kappa shape index (κ1) is 18.0. The van der Waals surface area contributed by atoms with E-state index < -0.39 is 0 Å². The van der Waals surface area contributed by atoms with Crippen LogP contribution >= 0.6 is 0 Å². The van der Waals surface area contributed by atoms with Crippen molar-refractivity contribution in [1.29, 1.82) is 0 Å². The molecule has 0 aliphatic carbocycles. The van der Waals surface area contributed by atoms with Gasteiger partial charge in [0.15, 0.2) is 0 Å². The third-order valence-corrected chi connectivity index (χ3v) is 3.72. The Morgan fingerprint density at radius 2 is 1.90 bits per heavy atom. The molecule has 0 amide bonds. The molecule has 0 saturated heterocycles. The fourth-order valence-corrected chi connectivity index (χ4v) is 2.75. The van der Waals surface area contributed by atoms with Gasteiger partial charge >= 0.3 is 0 Å². The van der Waals surface area contributed by atoms with Crippen molar-refractivity contribution in [2.75, 3.05) is 33.3 Å². The molecule has 0 bridgehead atoms. The molecule has 0 aliphatic rings. The summed E-state index contributed by atoms with van der Waals surface area (Å²) in [6, 6.07) is 6.74. The van der Waals surface area contributed by atoms with Crippen LogP contribution in [0.25, 0.3) is 0 Å². The minimum absolute atomic E-state index is 0.309. The van der Waals surface area contributed by atoms with E-state index in [1.54, 1.807) is 7.11 Å². The van der Waals surface area contributed by atoms with Gasteiger partial charge in [-0.25, -0.2) is 0 Å². The predicted octanol–water partition coefficient (Wildman–Crippen LogP) is 3.63. The van der Waals surface area contributed by atoms with Gasteiger partial charge in [0.2, 0.25) is 0 Å². The van der Waals surface area contributed by atoms with E-state index in [9.17, 15) is 0 Å². The van der Waals surface area contributed by atoms with Gasteiger partial charge in [0.25, 0.3) is 0 Å². The molecule has 21 heavy (non-hydrogen) atoms. The number of hydrogen-bond acceptors (Lipinski definition) is 3. The maximum atomic E-state index is 5.57. The van der Waals surface area contributed by atoms with E-state index in [0.717, 1.165) is 31.9 Å². The summed E-state index contributed by atoms with van der Waals surface area (Å²) in [7, 11) is 1.75. The molecular weight excluding hydrogens is 260 g/mol. The van der Waals surface area contributed by atoms with Crippen molar-refractivity contribution in [3.8, 4) is 5.75 Å². The molecule has 0 aliphatic heterocycles. The van der Waals surface area contributed by atoms with Crippen molar-refractivity contribution < 1.29 is 4.74 Å². The number of ether oxygens (including phenoxy) is 1. The fraction of sp³-hybridized carbons (Fsp3) is 0.667. The molecule has 0 aromatic heterocycles. The van der Waals surface area contributed by atoms with Gasteiger partial charge in [0.05, 0.1) is 7.11 Å². The van der Waals surface area contributed by atoms with E-state index in [4.69, 9.17) is 4.74 Å². The van der Waals surface area contributed by atoms with Crippen LogP contribution in [0.5, 0.6) is 5.75 Å². The molecule has 3 heteroatoms. The topological polar surface area (TPSA) is 24.5 Å². The van der Waals surface area contributed by atoms with Crippen molar-refractivity contribution in [2.45, 2.75) is 40.7 Å². The first-order chi connectivity index (χ1) is 10.0. The van der Waals surface area contributed by atoms with Crippen LogP contribution < -0.4 is 10.1 Å². The van der Waals surface area contributed by atoms with Crippen LogP contribution in [0, 0.1) is 12.8 Å². The number of rotatable bonds is 9. The molecule has 120 valence electrons. The number of aryl methyl sites for hydroxylation is 1. The molecule has 0 fully saturated rings. The second-order valence-corrected chi connectivity index (χ2v) is 6.10. The summed E-state index contributed by atoms with van der Waals surface area (Å²) in [5.74, 6) is 1.67. The Morgan fingerprint density at radius 3 is 2.43 bits per heavy atom. The molecule has 1 rings (SSSR count). The van der Waals surface area contributed by atoms with Crippen LogP contribution in [0.1, 0.15) is 44.9 Å². The summed E-state index contributed by atoms with van der Waals surface area (Å²) in [6.45, 7) is 15.3. The first-order valence-electron chi connectivity index (χ1n) is 8.12. The van der Waals surface area contributed by atoms with Crippen molar-refractivity contribution >= 4 is 0 Å². The van der Waals surface area contributed by atoms with Crippen molar-refractivity contribution in [2.24, 2.45) is 5.92 Å². The van der Waals surface area contributed by atoms with Gasteiger partial charge < -0.3 is 15.0 Å². The van der Waals surface area contributed by atoms with E-state index >= 15 is 0 Å². The van der Waals surface area contributed by atoms with Crippen molar-refractivity contribution in [3.05, 3.63) is 29.3 Å². The standard InChI is InChI=1S/C18H32N2O/c1-7-19-17(13-20(8-2)12-14(3)4)16-11-15(5)9-10-18(16)21-6/h9-11,14,17,19H,7-8,12-13H2,1-6H3. The summed E-state index contributed by atoms with van der Waals surface area (Å²) in [5, 5.41) is 3.62. The largest absolute Gasteiger partial charge is 0.496 e. The molecule has 1 aromatic carbocycles. The van der Waals surface area contributed by atoms with Gasteiger partial charge in [0, 0.05) is 24.7 Å². The molecule has 0 saturated carbocycles. The molecule has 3 nitrogen and oxygen atoms in total. The van der Waals surface area contributed by atoms with Gasteiger partial charge in [-0.05, 0) is 32.0 Å².